The maximum Gasteiger partial charge on any atom is 0.333 e. The van der Waals surface area contributed by atoms with Crippen LogP contribution in [0.5, 0.6) is 0 Å². The Morgan fingerprint density at radius 3 is 2.04 bits per heavy atom. The fourth-order valence-corrected chi connectivity index (χ4v) is 2.58. The van der Waals surface area contributed by atoms with Crippen molar-refractivity contribution in [3.63, 3.8) is 0 Å². The van der Waals surface area contributed by atoms with Crippen molar-refractivity contribution in [1.29, 1.82) is 0 Å². The average Bonchev–Trinajstić information content (AvgIpc) is 2.60. The smallest absolute Gasteiger partial charge is 0.333 e. The second-order valence-electron chi connectivity index (χ2n) is 6.43. The predicted octanol–water partition coefficient (Wildman–Crippen LogP) is 3.61. The van der Waals surface area contributed by atoms with Crippen molar-refractivity contribution in [1.82, 2.24) is 10.2 Å². The first-order valence-electron chi connectivity index (χ1n) is 8.26. The molecule has 0 aromatic heterocycles. The minimum absolute atomic E-state index is 0.0750. The van der Waals surface area contributed by atoms with E-state index >= 15 is 0 Å². The van der Waals surface area contributed by atoms with Crippen LogP contribution in [0.25, 0.3) is 0 Å². The lowest BCUT2D eigenvalue weighted by Crippen LogP contribution is -2.55. The average molecular weight is 340 g/mol. The summed E-state index contributed by atoms with van der Waals surface area (Å²) in [6.45, 7) is 5.73. The van der Waals surface area contributed by atoms with E-state index in [4.69, 9.17) is 0 Å². The van der Waals surface area contributed by atoms with E-state index in [2.05, 4.69) is 5.32 Å². The molecule has 0 aliphatic carbocycles. The summed E-state index contributed by atoms with van der Waals surface area (Å²) in [7, 11) is 0. The fraction of sp³-hybridized carbons (Fsp3) is 0.300. The Labute approximate surface area is 148 Å². The zero-order valence-corrected chi connectivity index (χ0v) is 14.8. The highest BCUT2D eigenvalue weighted by molar-refractivity contribution is 5.87. The molecule has 2 aromatic carbocycles. The first kappa shape index (κ1) is 18.5. The van der Waals surface area contributed by atoms with E-state index in [0.717, 1.165) is 5.56 Å². The van der Waals surface area contributed by atoms with Gasteiger partial charge < -0.3 is 15.3 Å². The number of hydrogen-bond acceptors (Lipinski definition) is 2. The van der Waals surface area contributed by atoms with Crippen molar-refractivity contribution >= 4 is 12.0 Å². The number of carboxylic acids is 1. The summed E-state index contributed by atoms with van der Waals surface area (Å²) in [6.07, 6.45) is 0. The molecule has 132 valence electrons. The van der Waals surface area contributed by atoms with Gasteiger partial charge in [0.25, 0.3) is 0 Å². The van der Waals surface area contributed by atoms with Crippen LogP contribution in [-0.4, -0.2) is 28.0 Å². The minimum Gasteiger partial charge on any atom is -0.479 e. The molecule has 2 N–H and O–H groups in total. The molecule has 2 amide bonds. The number of carboxylic acid groups (broad SMARTS) is 1. The number of aliphatic carboxylic acids is 1. The molecule has 2 rings (SSSR count). The molecule has 5 nitrogen and oxygen atoms in total. The van der Waals surface area contributed by atoms with Crippen molar-refractivity contribution < 1.29 is 14.7 Å². The van der Waals surface area contributed by atoms with E-state index in [9.17, 15) is 14.7 Å². The van der Waals surface area contributed by atoms with Gasteiger partial charge in [-0.15, -0.1) is 0 Å². The standard InChI is InChI=1S/C20H24N2O3/c1-15(2)22(14-16-10-6-4-7-11-16)19(25)21-20(3,18(23)24)17-12-8-5-9-13-17/h4-13,15H,14H2,1-3H3,(H,21,25)(H,23,24). The van der Waals surface area contributed by atoms with E-state index in [1.165, 1.54) is 6.92 Å². The normalized spacial score (nSPS) is 13.1. The zero-order chi connectivity index (χ0) is 18.4. The number of carbonyl (C=O) groups is 2. The van der Waals surface area contributed by atoms with Crippen LogP contribution in [-0.2, 0) is 16.9 Å². The van der Waals surface area contributed by atoms with Gasteiger partial charge in [-0.05, 0) is 31.9 Å². The highest BCUT2D eigenvalue weighted by Crippen LogP contribution is 2.22. The monoisotopic (exact) mass is 340 g/mol. The van der Waals surface area contributed by atoms with Crippen molar-refractivity contribution in [2.24, 2.45) is 0 Å². The van der Waals surface area contributed by atoms with Gasteiger partial charge in [-0.3, -0.25) is 0 Å². The van der Waals surface area contributed by atoms with E-state index in [1.54, 1.807) is 29.2 Å². The number of nitrogens with one attached hydrogen (secondary N) is 1. The number of nitrogens with zero attached hydrogens (tertiary/aromatic N) is 1. The lowest BCUT2D eigenvalue weighted by molar-refractivity contribution is -0.144. The summed E-state index contributed by atoms with van der Waals surface area (Å²) in [5.41, 5.74) is 0.0182. The summed E-state index contributed by atoms with van der Waals surface area (Å²) < 4.78 is 0. The molecule has 0 saturated heterocycles. The van der Waals surface area contributed by atoms with Gasteiger partial charge in [-0.1, -0.05) is 60.7 Å². The molecule has 1 unspecified atom stereocenters. The Hall–Kier alpha value is -2.82. The first-order chi connectivity index (χ1) is 11.8. The van der Waals surface area contributed by atoms with Gasteiger partial charge in [-0.2, -0.15) is 0 Å². The van der Waals surface area contributed by atoms with Gasteiger partial charge in [0.1, 0.15) is 0 Å². The summed E-state index contributed by atoms with van der Waals surface area (Å²) >= 11 is 0. The highest BCUT2D eigenvalue weighted by atomic mass is 16.4. The molecule has 2 aromatic rings. The zero-order valence-electron chi connectivity index (χ0n) is 14.8. The molecule has 0 aliphatic rings. The number of rotatable bonds is 6. The summed E-state index contributed by atoms with van der Waals surface area (Å²) in [4.78, 5) is 26.3. The number of amides is 2. The Bertz CT molecular complexity index is 716. The van der Waals surface area contributed by atoms with Crippen LogP contribution in [0.1, 0.15) is 31.9 Å². The summed E-state index contributed by atoms with van der Waals surface area (Å²) in [6, 6.07) is 17.9. The first-order valence-corrected chi connectivity index (χ1v) is 8.26. The van der Waals surface area contributed by atoms with Crippen LogP contribution in [0.3, 0.4) is 0 Å². The molecule has 0 spiro atoms. The second kappa shape index (κ2) is 7.83. The molecule has 0 fully saturated rings. The van der Waals surface area contributed by atoms with Crippen LogP contribution in [0.2, 0.25) is 0 Å². The molecule has 0 aliphatic heterocycles. The van der Waals surface area contributed by atoms with Gasteiger partial charge in [-0.25, -0.2) is 9.59 Å². The molecule has 1 atom stereocenters. The van der Waals surface area contributed by atoms with Gasteiger partial charge in [0, 0.05) is 12.6 Å². The van der Waals surface area contributed by atoms with Gasteiger partial charge >= 0.3 is 12.0 Å². The Morgan fingerprint density at radius 1 is 1.04 bits per heavy atom. The van der Waals surface area contributed by atoms with Gasteiger partial charge in [0.05, 0.1) is 0 Å². The number of urea groups is 1. The van der Waals surface area contributed by atoms with Crippen LogP contribution in [0.4, 0.5) is 4.79 Å². The van der Waals surface area contributed by atoms with Crippen molar-refractivity contribution in [3.05, 3.63) is 71.8 Å². The maximum absolute atomic E-state index is 12.8. The topological polar surface area (TPSA) is 69.6 Å². The Kier molecular flexibility index (Phi) is 5.80. The van der Waals surface area contributed by atoms with Crippen molar-refractivity contribution in [2.45, 2.75) is 38.9 Å². The van der Waals surface area contributed by atoms with Crippen LogP contribution < -0.4 is 5.32 Å². The lowest BCUT2D eigenvalue weighted by atomic mass is 9.92. The molecular weight excluding hydrogens is 316 g/mol. The minimum atomic E-state index is -1.50. The quantitative estimate of drug-likeness (QED) is 0.844. The molecule has 0 heterocycles. The second-order valence-corrected chi connectivity index (χ2v) is 6.43. The van der Waals surface area contributed by atoms with Crippen molar-refractivity contribution in [2.75, 3.05) is 0 Å². The van der Waals surface area contributed by atoms with E-state index in [0.29, 0.717) is 12.1 Å². The maximum atomic E-state index is 12.8. The molecular formula is C20H24N2O3. The van der Waals surface area contributed by atoms with Crippen LogP contribution >= 0.6 is 0 Å². The molecule has 0 bridgehead atoms. The molecule has 5 heteroatoms. The number of hydrogen-bond donors (Lipinski definition) is 2. The summed E-state index contributed by atoms with van der Waals surface area (Å²) in [5.74, 6) is -1.10. The molecule has 25 heavy (non-hydrogen) atoms. The lowest BCUT2D eigenvalue weighted by Gasteiger charge is -2.33. The van der Waals surface area contributed by atoms with E-state index in [1.807, 2.05) is 50.2 Å². The molecule has 0 radical (unpaired) electrons. The fourth-order valence-electron chi connectivity index (χ4n) is 2.58. The third-order valence-electron chi connectivity index (χ3n) is 4.22. The summed E-state index contributed by atoms with van der Waals surface area (Å²) in [5, 5.41) is 12.4. The Balaban J connectivity index is 2.25. The predicted molar refractivity (Wildman–Crippen MR) is 97.1 cm³/mol. The van der Waals surface area contributed by atoms with Gasteiger partial charge in [0.2, 0.25) is 0 Å². The van der Waals surface area contributed by atoms with E-state index < -0.39 is 17.5 Å². The van der Waals surface area contributed by atoms with Crippen LogP contribution in [0, 0.1) is 0 Å². The third kappa shape index (κ3) is 4.38. The number of benzene rings is 2. The number of carbonyl (C=O) groups excluding carboxylic acids is 1. The van der Waals surface area contributed by atoms with E-state index in [-0.39, 0.29) is 6.04 Å². The Morgan fingerprint density at radius 2 is 1.56 bits per heavy atom. The molecule has 0 saturated carbocycles. The largest absolute Gasteiger partial charge is 0.479 e. The third-order valence-corrected chi connectivity index (χ3v) is 4.22. The van der Waals surface area contributed by atoms with Crippen LogP contribution in [0.15, 0.2) is 60.7 Å². The highest BCUT2D eigenvalue weighted by Gasteiger charge is 2.38. The SMILES string of the molecule is CC(C)N(Cc1ccccc1)C(=O)NC(C)(C(=O)O)c1ccccc1. The van der Waals surface area contributed by atoms with Crippen molar-refractivity contribution in [3.8, 4) is 0 Å². The van der Waals surface area contributed by atoms with Gasteiger partial charge in [0.15, 0.2) is 5.54 Å².